The second-order valence-corrected chi connectivity index (χ2v) is 6.11. The summed E-state index contributed by atoms with van der Waals surface area (Å²) in [4.78, 5) is 17.1. The summed E-state index contributed by atoms with van der Waals surface area (Å²) in [6, 6.07) is 8.30. The van der Waals surface area contributed by atoms with E-state index in [9.17, 15) is 4.79 Å². The zero-order valence-electron chi connectivity index (χ0n) is 13.3. The van der Waals surface area contributed by atoms with E-state index in [1.54, 1.807) is 7.11 Å². The highest BCUT2D eigenvalue weighted by Crippen LogP contribution is 2.19. The molecule has 120 valence electrons. The molecule has 5 nitrogen and oxygen atoms in total. The van der Waals surface area contributed by atoms with Gasteiger partial charge in [-0.05, 0) is 24.1 Å². The predicted octanol–water partition coefficient (Wildman–Crippen LogP) is 0.953. The highest BCUT2D eigenvalue weighted by atomic mass is 16.5. The van der Waals surface area contributed by atoms with Gasteiger partial charge in [0, 0.05) is 58.0 Å². The van der Waals surface area contributed by atoms with Gasteiger partial charge >= 0.3 is 0 Å². The first-order valence-electron chi connectivity index (χ1n) is 8.10. The van der Waals surface area contributed by atoms with E-state index in [4.69, 9.17) is 4.74 Å². The molecule has 1 aromatic carbocycles. The quantitative estimate of drug-likeness (QED) is 0.900. The molecule has 0 spiro atoms. The van der Waals surface area contributed by atoms with Crippen molar-refractivity contribution in [3.8, 4) is 0 Å². The maximum atomic E-state index is 12.6. The van der Waals surface area contributed by atoms with Gasteiger partial charge in [-0.3, -0.25) is 9.69 Å². The third-order valence-corrected chi connectivity index (χ3v) is 4.63. The topological polar surface area (TPSA) is 44.8 Å². The van der Waals surface area contributed by atoms with Gasteiger partial charge in [0.25, 0.3) is 5.91 Å². The largest absolute Gasteiger partial charge is 0.380 e. The molecule has 0 radical (unpaired) electrons. The average molecular weight is 303 g/mol. The highest BCUT2D eigenvalue weighted by Gasteiger charge is 2.31. The smallest absolute Gasteiger partial charge is 0.253 e. The Bertz CT molecular complexity index is 497. The van der Waals surface area contributed by atoms with Crippen LogP contribution in [0.15, 0.2) is 24.3 Å². The van der Waals surface area contributed by atoms with Crippen LogP contribution in [0, 0.1) is 0 Å². The average Bonchev–Trinajstić information content (AvgIpc) is 3.06. The molecule has 2 aliphatic heterocycles. The maximum absolute atomic E-state index is 12.6. The van der Waals surface area contributed by atoms with Crippen LogP contribution in [-0.4, -0.2) is 68.1 Å². The van der Waals surface area contributed by atoms with Gasteiger partial charge in [0.2, 0.25) is 0 Å². The summed E-state index contributed by atoms with van der Waals surface area (Å²) in [5.74, 6) is 0.154. The first-order chi connectivity index (χ1) is 10.8. The Morgan fingerprint density at radius 1 is 1.23 bits per heavy atom. The summed E-state index contributed by atoms with van der Waals surface area (Å²) in [6.45, 7) is 6.63. The van der Waals surface area contributed by atoms with E-state index in [2.05, 4.69) is 10.2 Å². The molecule has 22 heavy (non-hydrogen) atoms. The number of ether oxygens (including phenoxy) is 1. The summed E-state index contributed by atoms with van der Waals surface area (Å²) in [5.41, 5.74) is 1.87. The normalized spacial score (nSPS) is 23.0. The van der Waals surface area contributed by atoms with E-state index in [0.29, 0.717) is 12.6 Å². The van der Waals surface area contributed by atoms with Gasteiger partial charge in [-0.2, -0.15) is 0 Å². The number of methoxy groups -OCH3 is 1. The highest BCUT2D eigenvalue weighted by molar-refractivity contribution is 5.94. The zero-order chi connectivity index (χ0) is 15.4. The fourth-order valence-corrected chi connectivity index (χ4v) is 3.36. The van der Waals surface area contributed by atoms with Gasteiger partial charge in [-0.25, -0.2) is 0 Å². The maximum Gasteiger partial charge on any atom is 0.253 e. The zero-order valence-corrected chi connectivity index (χ0v) is 13.3. The Morgan fingerprint density at radius 2 is 1.95 bits per heavy atom. The lowest BCUT2D eigenvalue weighted by Gasteiger charge is -2.32. The second kappa shape index (κ2) is 7.22. The molecular weight excluding hydrogens is 278 g/mol. The standard InChI is InChI=1S/C17H25N3O2/c1-22-13-14-2-4-15(5-3-14)17(21)20-9-6-16(12-20)19-10-7-18-8-11-19/h2-5,16,18H,6-13H2,1H3. The van der Waals surface area contributed by atoms with E-state index in [-0.39, 0.29) is 5.91 Å². The summed E-state index contributed by atoms with van der Waals surface area (Å²) >= 11 is 0. The van der Waals surface area contributed by atoms with Crippen molar-refractivity contribution in [2.75, 3.05) is 46.4 Å². The molecule has 2 aliphatic rings. The Kier molecular flexibility index (Phi) is 5.08. The van der Waals surface area contributed by atoms with E-state index < -0.39 is 0 Å². The molecule has 3 rings (SSSR count). The van der Waals surface area contributed by atoms with E-state index in [0.717, 1.165) is 56.8 Å². The molecule has 0 saturated carbocycles. The van der Waals surface area contributed by atoms with E-state index in [1.807, 2.05) is 29.2 Å². The van der Waals surface area contributed by atoms with E-state index >= 15 is 0 Å². The SMILES string of the molecule is COCc1ccc(C(=O)N2CCC(N3CCNCC3)C2)cc1. The fourth-order valence-electron chi connectivity index (χ4n) is 3.36. The van der Waals surface area contributed by atoms with Crippen molar-refractivity contribution in [2.45, 2.75) is 19.1 Å². The number of carbonyl (C=O) groups is 1. The number of piperazine rings is 1. The van der Waals surface area contributed by atoms with Crippen molar-refractivity contribution in [2.24, 2.45) is 0 Å². The lowest BCUT2D eigenvalue weighted by Crippen LogP contribution is -2.49. The number of hydrogen-bond donors (Lipinski definition) is 1. The van der Waals surface area contributed by atoms with Crippen LogP contribution >= 0.6 is 0 Å². The molecule has 2 heterocycles. The van der Waals surface area contributed by atoms with Crippen LogP contribution in [0.2, 0.25) is 0 Å². The van der Waals surface area contributed by atoms with Crippen molar-refractivity contribution >= 4 is 5.91 Å². The molecule has 0 aliphatic carbocycles. The van der Waals surface area contributed by atoms with Crippen molar-refractivity contribution in [3.63, 3.8) is 0 Å². The van der Waals surface area contributed by atoms with Gasteiger partial charge in [-0.15, -0.1) is 0 Å². The third-order valence-electron chi connectivity index (χ3n) is 4.63. The summed E-state index contributed by atoms with van der Waals surface area (Å²) < 4.78 is 5.10. The lowest BCUT2D eigenvalue weighted by atomic mass is 10.1. The number of carbonyl (C=O) groups excluding carboxylic acids is 1. The minimum atomic E-state index is 0.154. The molecular formula is C17H25N3O2. The van der Waals surface area contributed by atoms with Crippen LogP contribution in [0.5, 0.6) is 0 Å². The van der Waals surface area contributed by atoms with Gasteiger partial charge in [0.1, 0.15) is 0 Å². The summed E-state index contributed by atoms with van der Waals surface area (Å²) in [7, 11) is 1.68. The molecule has 2 saturated heterocycles. The van der Waals surface area contributed by atoms with Gasteiger partial charge in [0.05, 0.1) is 6.61 Å². The molecule has 1 N–H and O–H groups in total. The van der Waals surface area contributed by atoms with Gasteiger partial charge in [-0.1, -0.05) is 12.1 Å². The lowest BCUT2D eigenvalue weighted by molar-refractivity contribution is 0.0773. The molecule has 1 atom stereocenters. The Hall–Kier alpha value is -1.43. The van der Waals surface area contributed by atoms with Crippen molar-refractivity contribution in [1.29, 1.82) is 0 Å². The van der Waals surface area contributed by atoms with Crippen LogP contribution < -0.4 is 5.32 Å². The second-order valence-electron chi connectivity index (χ2n) is 6.11. The predicted molar refractivity (Wildman–Crippen MR) is 85.9 cm³/mol. The van der Waals surface area contributed by atoms with Crippen LogP contribution in [0.4, 0.5) is 0 Å². The molecule has 2 fully saturated rings. The Labute approximate surface area is 132 Å². The Morgan fingerprint density at radius 3 is 2.64 bits per heavy atom. The number of benzene rings is 1. The van der Waals surface area contributed by atoms with Crippen LogP contribution in [0.3, 0.4) is 0 Å². The number of nitrogens with one attached hydrogen (secondary N) is 1. The number of nitrogens with zero attached hydrogens (tertiary/aromatic N) is 2. The number of rotatable bonds is 4. The minimum absolute atomic E-state index is 0.154. The van der Waals surface area contributed by atoms with Gasteiger partial charge in [0.15, 0.2) is 0 Å². The van der Waals surface area contributed by atoms with Crippen molar-refractivity contribution < 1.29 is 9.53 Å². The van der Waals surface area contributed by atoms with Crippen LogP contribution in [0.25, 0.3) is 0 Å². The fraction of sp³-hybridized carbons (Fsp3) is 0.588. The van der Waals surface area contributed by atoms with Crippen molar-refractivity contribution in [1.82, 2.24) is 15.1 Å². The molecule has 0 aromatic heterocycles. The number of likely N-dealkylation sites (tertiary alicyclic amines) is 1. The number of amides is 1. The molecule has 1 unspecified atom stereocenters. The minimum Gasteiger partial charge on any atom is -0.380 e. The van der Waals surface area contributed by atoms with Crippen LogP contribution in [-0.2, 0) is 11.3 Å². The van der Waals surface area contributed by atoms with Crippen molar-refractivity contribution in [3.05, 3.63) is 35.4 Å². The first kappa shape index (κ1) is 15.5. The monoisotopic (exact) mass is 303 g/mol. The van der Waals surface area contributed by atoms with Gasteiger partial charge < -0.3 is 15.0 Å². The molecule has 1 aromatic rings. The molecule has 5 heteroatoms. The molecule has 1 amide bonds. The van der Waals surface area contributed by atoms with E-state index in [1.165, 1.54) is 0 Å². The Balaban J connectivity index is 1.58. The first-order valence-corrected chi connectivity index (χ1v) is 8.10. The number of hydrogen-bond acceptors (Lipinski definition) is 4. The summed E-state index contributed by atoms with van der Waals surface area (Å²) in [5, 5.41) is 3.38. The molecule has 0 bridgehead atoms. The third kappa shape index (κ3) is 3.48. The van der Waals surface area contributed by atoms with Crippen LogP contribution in [0.1, 0.15) is 22.3 Å². The summed E-state index contributed by atoms with van der Waals surface area (Å²) in [6.07, 6.45) is 1.09.